The van der Waals surface area contributed by atoms with E-state index in [4.69, 9.17) is 0 Å². The monoisotopic (exact) mass is 444 g/mol. The summed E-state index contributed by atoms with van der Waals surface area (Å²) in [5, 5.41) is 0. The largest absolute Gasteiger partial charge is 0.0651 e. The summed E-state index contributed by atoms with van der Waals surface area (Å²) in [5.41, 5.74) is 0. The van der Waals surface area contributed by atoms with E-state index in [2.05, 4.69) is 34.6 Å². The Morgan fingerprint density at radius 2 is 1.25 bits per heavy atom. The van der Waals surface area contributed by atoms with E-state index in [1.165, 1.54) is 83.5 Å². The van der Waals surface area contributed by atoms with Crippen LogP contribution in [0.3, 0.4) is 0 Å². The van der Waals surface area contributed by atoms with E-state index < -0.39 is 0 Å². The van der Waals surface area contributed by atoms with E-state index in [0.717, 1.165) is 53.3 Å². The van der Waals surface area contributed by atoms with Gasteiger partial charge in [0.1, 0.15) is 0 Å². The molecule has 0 nitrogen and oxygen atoms in total. The first kappa shape index (κ1) is 26.6. The molecule has 4 saturated carbocycles. The van der Waals surface area contributed by atoms with E-state index >= 15 is 0 Å². The molecule has 0 heterocycles. The van der Waals surface area contributed by atoms with Crippen molar-refractivity contribution in [2.75, 3.05) is 0 Å². The molecule has 4 aliphatic rings. The third-order valence-corrected chi connectivity index (χ3v) is 11.0. The molecule has 0 amide bonds. The maximum absolute atomic E-state index is 2.59. The number of rotatable bonds is 4. The van der Waals surface area contributed by atoms with Crippen molar-refractivity contribution in [2.45, 2.75) is 150 Å². The highest BCUT2D eigenvalue weighted by atomic mass is 14.5. The lowest BCUT2D eigenvalue weighted by Crippen LogP contribution is -2.44. The summed E-state index contributed by atoms with van der Waals surface area (Å²) in [4.78, 5) is 0. The molecule has 4 aliphatic carbocycles. The van der Waals surface area contributed by atoms with Crippen LogP contribution in [0.25, 0.3) is 0 Å². The lowest BCUT2D eigenvalue weighted by Gasteiger charge is -2.51. The van der Waals surface area contributed by atoms with Gasteiger partial charge in [0.25, 0.3) is 0 Å². The Hall–Kier alpha value is 0. The predicted molar refractivity (Wildman–Crippen MR) is 143 cm³/mol. The first-order valence-electron chi connectivity index (χ1n) is 15.6. The van der Waals surface area contributed by atoms with Gasteiger partial charge in [-0.25, -0.2) is 0 Å². The highest BCUT2D eigenvalue weighted by Crippen LogP contribution is 2.57. The third kappa shape index (κ3) is 7.01. The van der Waals surface area contributed by atoms with Crippen LogP contribution in [-0.4, -0.2) is 0 Å². The second-order valence-corrected chi connectivity index (χ2v) is 12.9. The van der Waals surface area contributed by atoms with Crippen LogP contribution in [0.2, 0.25) is 0 Å². The Kier molecular flexibility index (Phi) is 11.5. The van der Waals surface area contributed by atoms with Crippen molar-refractivity contribution in [2.24, 2.45) is 53.3 Å². The van der Waals surface area contributed by atoms with Crippen molar-refractivity contribution in [3.63, 3.8) is 0 Å². The second kappa shape index (κ2) is 13.8. The SMILES string of the molecule is CC1CCCCCCCC1.CCC1CCC(C2C(CC)C(C)CC3CCCC32)C(CC)C1. The predicted octanol–water partition coefficient (Wildman–Crippen LogP) is 10.7. The van der Waals surface area contributed by atoms with Gasteiger partial charge in [-0.05, 0) is 78.9 Å². The minimum atomic E-state index is 0.996. The van der Waals surface area contributed by atoms with Gasteiger partial charge in [-0.15, -0.1) is 0 Å². The van der Waals surface area contributed by atoms with Crippen LogP contribution in [0, 0.1) is 53.3 Å². The lowest BCUT2D eigenvalue weighted by atomic mass is 9.54. The van der Waals surface area contributed by atoms with Gasteiger partial charge in [0, 0.05) is 0 Å². The molecule has 0 spiro atoms. The lowest BCUT2D eigenvalue weighted by molar-refractivity contribution is -0.0250. The Morgan fingerprint density at radius 1 is 0.562 bits per heavy atom. The first-order chi connectivity index (χ1) is 15.6. The molecule has 0 aliphatic heterocycles. The Labute approximate surface area is 203 Å². The zero-order valence-electron chi connectivity index (χ0n) is 22.9. The average molecular weight is 445 g/mol. The van der Waals surface area contributed by atoms with Gasteiger partial charge in [-0.1, -0.05) is 125 Å². The summed E-state index contributed by atoms with van der Waals surface area (Å²) in [5.74, 6) is 9.51. The van der Waals surface area contributed by atoms with Gasteiger partial charge in [-0.3, -0.25) is 0 Å². The van der Waals surface area contributed by atoms with Crippen molar-refractivity contribution in [3.8, 4) is 0 Å². The maximum atomic E-state index is 2.59. The molecule has 4 fully saturated rings. The van der Waals surface area contributed by atoms with E-state index in [0.29, 0.717) is 0 Å². The van der Waals surface area contributed by atoms with Crippen molar-refractivity contribution in [1.82, 2.24) is 0 Å². The molecule has 188 valence electrons. The zero-order valence-corrected chi connectivity index (χ0v) is 22.9. The summed E-state index contributed by atoms with van der Waals surface area (Å²) in [7, 11) is 0. The van der Waals surface area contributed by atoms with E-state index in [1.807, 2.05) is 0 Å². The molecule has 0 heteroatoms. The molecule has 32 heavy (non-hydrogen) atoms. The summed E-state index contributed by atoms with van der Waals surface area (Å²) in [6.45, 7) is 12.4. The molecule has 4 rings (SSSR count). The maximum Gasteiger partial charge on any atom is -0.0321 e. The molecule has 0 N–H and O–H groups in total. The number of fused-ring (bicyclic) bond motifs is 1. The van der Waals surface area contributed by atoms with Gasteiger partial charge in [0.2, 0.25) is 0 Å². The van der Waals surface area contributed by atoms with Crippen molar-refractivity contribution in [1.29, 1.82) is 0 Å². The van der Waals surface area contributed by atoms with Gasteiger partial charge in [0.15, 0.2) is 0 Å². The zero-order chi connectivity index (χ0) is 22.9. The Morgan fingerprint density at radius 3 is 1.88 bits per heavy atom. The summed E-state index contributed by atoms with van der Waals surface area (Å²) >= 11 is 0. The molecule has 0 aromatic rings. The summed E-state index contributed by atoms with van der Waals surface area (Å²) < 4.78 is 0. The van der Waals surface area contributed by atoms with Crippen LogP contribution in [0.4, 0.5) is 0 Å². The van der Waals surface area contributed by atoms with Crippen LogP contribution < -0.4 is 0 Å². The molecular formula is C32H60. The second-order valence-electron chi connectivity index (χ2n) is 12.9. The smallest absolute Gasteiger partial charge is 0.0321 e. The third-order valence-electron chi connectivity index (χ3n) is 11.0. The summed E-state index contributed by atoms with van der Waals surface area (Å²) in [6.07, 6.45) is 27.1. The average Bonchev–Trinajstić information content (AvgIpc) is 3.31. The molecule has 0 bridgehead atoms. The van der Waals surface area contributed by atoms with Gasteiger partial charge in [-0.2, -0.15) is 0 Å². The molecule has 0 aromatic carbocycles. The van der Waals surface area contributed by atoms with Crippen LogP contribution >= 0.6 is 0 Å². The fourth-order valence-electron chi connectivity index (χ4n) is 9.09. The van der Waals surface area contributed by atoms with Crippen LogP contribution in [-0.2, 0) is 0 Å². The van der Waals surface area contributed by atoms with Gasteiger partial charge in [0.05, 0.1) is 0 Å². The number of hydrogen-bond acceptors (Lipinski definition) is 0. The minimum Gasteiger partial charge on any atom is -0.0651 e. The van der Waals surface area contributed by atoms with Gasteiger partial charge < -0.3 is 0 Å². The molecule has 0 radical (unpaired) electrons. The van der Waals surface area contributed by atoms with Crippen LogP contribution in [0.1, 0.15) is 150 Å². The topological polar surface area (TPSA) is 0 Å². The van der Waals surface area contributed by atoms with Crippen molar-refractivity contribution in [3.05, 3.63) is 0 Å². The Bertz CT molecular complexity index is 482. The molecule has 0 saturated heterocycles. The molecule has 8 atom stereocenters. The highest BCUT2D eigenvalue weighted by molar-refractivity contribution is 4.98. The fourth-order valence-corrected chi connectivity index (χ4v) is 9.09. The number of hydrogen-bond donors (Lipinski definition) is 0. The quantitative estimate of drug-likeness (QED) is 0.404. The molecule has 8 unspecified atom stereocenters. The fraction of sp³-hybridized carbons (Fsp3) is 1.00. The minimum absolute atomic E-state index is 0.996. The summed E-state index contributed by atoms with van der Waals surface area (Å²) in [6, 6.07) is 0. The van der Waals surface area contributed by atoms with Crippen LogP contribution in [0.5, 0.6) is 0 Å². The first-order valence-corrected chi connectivity index (χ1v) is 15.6. The molecular weight excluding hydrogens is 384 g/mol. The van der Waals surface area contributed by atoms with Crippen molar-refractivity contribution >= 4 is 0 Å². The van der Waals surface area contributed by atoms with E-state index in [-0.39, 0.29) is 0 Å². The van der Waals surface area contributed by atoms with Gasteiger partial charge >= 0.3 is 0 Å². The van der Waals surface area contributed by atoms with Crippen molar-refractivity contribution < 1.29 is 0 Å². The van der Waals surface area contributed by atoms with E-state index in [1.54, 1.807) is 32.1 Å². The highest BCUT2D eigenvalue weighted by Gasteiger charge is 2.49. The van der Waals surface area contributed by atoms with E-state index in [9.17, 15) is 0 Å². The molecule has 0 aromatic heterocycles. The van der Waals surface area contributed by atoms with Crippen LogP contribution in [0.15, 0.2) is 0 Å². The Balaban J connectivity index is 0.000000243. The standard InChI is InChI=1S/C22H40.C10H20/c1-5-16-11-12-21(17(6-2)14-16)22-19(7-3)15(4)13-18-9-8-10-20(18)22;1-10-8-6-4-2-3-5-7-9-10/h15-22H,5-14H2,1-4H3;10H,2-9H2,1H3. The normalized spacial score (nSPS) is 41.5.